The standard InChI is InChI=1S/C19H13NO5/c21-10-4-5-11-12(6-7-15(22)14(11)8-10)19-20-9-17(25-19)13-2-1-3-16(23)18(13)24/h1-9,21-24H. The molecule has 25 heavy (non-hydrogen) atoms. The zero-order chi connectivity index (χ0) is 17.6. The Morgan fingerprint density at radius 3 is 2.44 bits per heavy atom. The lowest BCUT2D eigenvalue weighted by atomic mass is 10.0. The molecule has 3 aromatic carbocycles. The molecule has 1 heterocycles. The van der Waals surface area contributed by atoms with Crippen molar-refractivity contribution < 1.29 is 24.8 Å². The zero-order valence-electron chi connectivity index (χ0n) is 12.8. The Hall–Kier alpha value is -3.67. The second kappa shape index (κ2) is 5.45. The Kier molecular flexibility index (Phi) is 3.25. The molecule has 0 unspecified atom stereocenters. The summed E-state index contributed by atoms with van der Waals surface area (Å²) in [6, 6.07) is 12.3. The van der Waals surface area contributed by atoms with Gasteiger partial charge >= 0.3 is 0 Å². The van der Waals surface area contributed by atoms with Gasteiger partial charge in [-0.3, -0.25) is 0 Å². The summed E-state index contributed by atoms with van der Waals surface area (Å²) >= 11 is 0. The average molecular weight is 335 g/mol. The SMILES string of the molecule is Oc1ccc2c(-c3ncc(-c4cccc(O)c4O)o3)ccc(O)c2c1. The number of nitrogens with zero attached hydrogens (tertiary/aromatic N) is 1. The molecule has 0 aliphatic carbocycles. The summed E-state index contributed by atoms with van der Waals surface area (Å²) in [5.41, 5.74) is 0.943. The lowest BCUT2D eigenvalue weighted by molar-refractivity contribution is 0.404. The van der Waals surface area contributed by atoms with Crippen molar-refractivity contribution >= 4 is 10.8 Å². The number of para-hydroxylation sites is 1. The highest BCUT2D eigenvalue weighted by atomic mass is 16.4. The van der Waals surface area contributed by atoms with E-state index >= 15 is 0 Å². The number of rotatable bonds is 2. The highest BCUT2D eigenvalue weighted by Crippen LogP contribution is 2.39. The molecule has 0 aliphatic heterocycles. The van der Waals surface area contributed by atoms with Crippen LogP contribution in [0.15, 0.2) is 59.1 Å². The number of aromatic hydroxyl groups is 4. The molecule has 0 fully saturated rings. The minimum Gasteiger partial charge on any atom is -0.508 e. The average Bonchev–Trinajstić information content (AvgIpc) is 3.08. The van der Waals surface area contributed by atoms with Gasteiger partial charge in [0.2, 0.25) is 5.89 Å². The van der Waals surface area contributed by atoms with Crippen molar-refractivity contribution in [3.63, 3.8) is 0 Å². The molecular weight excluding hydrogens is 322 g/mol. The van der Waals surface area contributed by atoms with E-state index in [9.17, 15) is 20.4 Å². The van der Waals surface area contributed by atoms with Crippen molar-refractivity contribution in [2.45, 2.75) is 0 Å². The van der Waals surface area contributed by atoms with Crippen LogP contribution in [-0.4, -0.2) is 25.4 Å². The van der Waals surface area contributed by atoms with Crippen LogP contribution < -0.4 is 0 Å². The van der Waals surface area contributed by atoms with Crippen molar-refractivity contribution in [1.29, 1.82) is 0 Å². The van der Waals surface area contributed by atoms with Crippen LogP contribution in [0.1, 0.15) is 0 Å². The zero-order valence-corrected chi connectivity index (χ0v) is 12.8. The molecule has 1 aromatic heterocycles. The number of phenolic OH excluding ortho intramolecular Hbond substituents is 4. The Balaban J connectivity index is 1.87. The van der Waals surface area contributed by atoms with Gasteiger partial charge in [-0.05, 0) is 47.9 Å². The molecule has 6 heteroatoms. The first kappa shape index (κ1) is 14.9. The molecule has 124 valence electrons. The van der Waals surface area contributed by atoms with E-state index in [1.807, 2.05) is 0 Å². The molecule has 0 spiro atoms. The van der Waals surface area contributed by atoms with Crippen LogP contribution in [0.2, 0.25) is 0 Å². The van der Waals surface area contributed by atoms with Gasteiger partial charge in [-0.25, -0.2) is 4.98 Å². The number of benzene rings is 3. The maximum absolute atomic E-state index is 9.99. The second-order valence-corrected chi connectivity index (χ2v) is 5.57. The van der Waals surface area contributed by atoms with Crippen LogP contribution in [-0.2, 0) is 0 Å². The summed E-state index contributed by atoms with van der Waals surface area (Å²) < 4.78 is 5.74. The van der Waals surface area contributed by atoms with Crippen molar-refractivity contribution in [2.24, 2.45) is 0 Å². The minimum absolute atomic E-state index is 0.0343. The summed E-state index contributed by atoms with van der Waals surface area (Å²) in [6.45, 7) is 0. The van der Waals surface area contributed by atoms with Gasteiger partial charge in [0, 0.05) is 10.9 Å². The van der Waals surface area contributed by atoms with E-state index in [0.717, 1.165) is 0 Å². The largest absolute Gasteiger partial charge is 0.508 e. The summed E-state index contributed by atoms with van der Waals surface area (Å²) in [5, 5.41) is 40.3. The van der Waals surface area contributed by atoms with Gasteiger partial charge in [0.15, 0.2) is 17.3 Å². The fourth-order valence-electron chi connectivity index (χ4n) is 2.76. The molecule has 0 saturated heterocycles. The van der Waals surface area contributed by atoms with Crippen LogP contribution in [0.5, 0.6) is 23.0 Å². The molecular formula is C19H13NO5. The van der Waals surface area contributed by atoms with Gasteiger partial charge in [-0.2, -0.15) is 0 Å². The Morgan fingerprint density at radius 1 is 0.760 bits per heavy atom. The number of oxazole rings is 1. The summed E-state index contributed by atoms with van der Waals surface area (Å²) in [7, 11) is 0. The van der Waals surface area contributed by atoms with Gasteiger partial charge in [0.25, 0.3) is 0 Å². The third-order valence-corrected chi connectivity index (χ3v) is 3.99. The molecule has 0 amide bonds. The van der Waals surface area contributed by atoms with E-state index in [2.05, 4.69) is 4.98 Å². The Bertz CT molecular complexity index is 1100. The molecule has 4 N–H and O–H groups in total. The molecule has 0 bridgehead atoms. The van der Waals surface area contributed by atoms with E-state index in [4.69, 9.17) is 4.42 Å². The van der Waals surface area contributed by atoms with Crippen molar-refractivity contribution in [2.75, 3.05) is 0 Å². The fraction of sp³-hybridized carbons (Fsp3) is 0. The molecule has 0 radical (unpaired) electrons. The third-order valence-electron chi connectivity index (χ3n) is 3.99. The van der Waals surface area contributed by atoms with Gasteiger partial charge in [0.05, 0.1) is 11.8 Å². The van der Waals surface area contributed by atoms with E-state index in [1.54, 1.807) is 24.3 Å². The Morgan fingerprint density at radius 2 is 1.60 bits per heavy atom. The van der Waals surface area contributed by atoms with Crippen LogP contribution in [0.4, 0.5) is 0 Å². The summed E-state index contributed by atoms with van der Waals surface area (Å²) in [4.78, 5) is 4.23. The van der Waals surface area contributed by atoms with Gasteiger partial charge in [0.1, 0.15) is 11.5 Å². The molecule has 4 aromatic rings. The minimum atomic E-state index is -0.286. The first-order chi connectivity index (χ1) is 12.0. The first-order valence-electron chi connectivity index (χ1n) is 7.47. The summed E-state index contributed by atoms with van der Waals surface area (Å²) in [6.07, 6.45) is 1.45. The smallest absolute Gasteiger partial charge is 0.227 e. The predicted octanol–water partition coefficient (Wildman–Crippen LogP) is 3.98. The molecule has 0 atom stereocenters. The predicted molar refractivity (Wildman–Crippen MR) is 91.5 cm³/mol. The van der Waals surface area contributed by atoms with E-state index in [-0.39, 0.29) is 28.9 Å². The molecule has 0 aliphatic rings. The maximum atomic E-state index is 9.99. The highest BCUT2D eigenvalue weighted by Gasteiger charge is 2.16. The van der Waals surface area contributed by atoms with Gasteiger partial charge in [-0.15, -0.1) is 0 Å². The maximum Gasteiger partial charge on any atom is 0.227 e. The number of phenols is 4. The lowest BCUT2D eigenvalue weighted by Gasteiger charge is -2.06. The number of hydrogen-bond donors (Lipinski definition) is 4. The van der Waals surface area contributed by atoms with Crippen molar-refractivity contribution in [3.8, 4) is 45.8 Å². The van der Waals surface area contributed by atoms with E-state index in [1.165, 1.54) is 30.5 Å². The molecule has 6 nitrogen and oxygen atoms in total. The van der Waals surface area contributed by atoms with Crippen LogP contribution in [0, 0.1) is 0 Å². The highest BCUT2D eigenvalue weighted by molar-refractivity contribution is 5.99. The second-order valence-electron chi connectivity index (χ2n) is 5.57. The van der Waals surface area contributed by atoms with Gasteiger partial charge < -0.3 is 24.8 Å². The van der Waals surface area contributed by atoms with Crippen molar-refractivity contribution in [1.82, 2.24) is 4.98 Å². The lowest BCUT2D eigenvalue weighted by Crippen LogP contribution is -1.82. The van der Waals surface area contributed by atoms with Crippen LogP contribution in [0.3, 0.4) is 0 Å². The van der Waals surface area contributed by atoms with Crippen molar-refractivity contribution in [3.05, 3.63) is 54.7 Å². The fourth-order valence-corrected chi connectivity index (χ4v) is 2.76. The van der Waals surface area contributed by atoms with E-state index < -0.39 is 0 Å². The topological polar surface area (TPSA) is 107 Å². The van der Waals surface area contributed by atoms with Crippen LogP contribution in [0.25, 0.3) is 33.6 Å². The van der Waals surface area contributed by atoms with Crippen LogP contribution >= 0.6 is 0 Å². The Labute approximate surface area is 141 Å². The first-order valence-corrected chi connectivity index (χ1v) is 7.47. The number of hydrogen-bond acceptors (Lipinski definition) is 6. The normalized spacial score (nSPS) is 11.0. The number of aromatic nitrogens is 1. The monoisotopic (exact) mass is 335 g/mol. The number of fused-ring (bicyclic) bond motifs is 1. The molecule has 4 rings (SSSR count). The summed E-state index contributed by atoms with van der Waals surface area (Å²) in [5.74, 6) is 0.119. The van der Waals surface area contributed by atoms with E-state index in [0.29, 0.717) is 27.7 Å². The third kappa shape index (κ3) is 2.40. The quantitative estimate of drug-likeness (QED) is 0.413. The molecule has 0 saturated carbocycles. The van der Waals surface area contributed by atoms with Gasteiger partial charge in [-0.1, -0.05) is 6.07 Å².